The Morgan fingerprint density at radius 1 is 1.12 bits per heavy atom. The maximum atomic E-state index is 13.6. The van der Waals surface area contributed by atoms with Gasteiger partial charge in [0.15, 0.2) is 0 Å². The molecule has 2 aromatic rings. The molecule has 1 saturated carbocycles. The molecular weight excluding hydrogens is 317 g/mol. The second-order valence-electron chi connectivity index (χ2n) is 6.52. The van der Waals surface area contributed by atoms with Gasteiger partial charge in [0.05, 0.1) is 11.9 Å². The summed E-state index contributed by atoms with van der Waals surface area (Å²) in [4.78, 5) is 16.5. The van der Waals surface area contributed by atoms with E-state index in [-0.39, 0.29) is 17.6 Å². The predicted octanol–water partition coefficient (Wildman–Crippen LogP) is 4.39. The Bertz CT molecular complexity index is 696. The Morgan fingerprint density at radius 3 is 2.64 bits per heavy atom. The van der Waals surface area contributed by atoms with Gasteiger partial charge in [-0.25, -0.2) is 9.37 Å². The summed E-state index contributed by atoms with van der Waals surface area (Å²) < 4.78 is 13.6. The topological polar surface area (TPSA) is 54.0 Å². The molecule has 4 nitrogen and oxygen atoms in total. The van der Waals surface area contributed by atoms with Crippen LogP contribution < -0.4 is 10.6 Å². The van der Waals surface area contributed by atoms with Crippen molar-refractivity contribution in [3.63, 3.8) is 0 Å². The first-order valence-corrected chi connectivity index (χ1v) is 8.96. The number of anilines is 2. The molecule has 2 N–H and O–H groups in total. The van der Waals surface area contributed by atoms with Gasteiger partial charge in [-0.15, -0.1) is 0 Å². The summed E-state index contributed by atoms with van der Waals surface area (Å²) in [5.74, 6) is 0.763. The fraction of sp³-hybridized carbons (Fsp3) is 0.400. The van der Waals surface area contributed by atoms with E-state index < -0.39 is 0 Å². The summed E-state index contributed by atoms with van der Waals surface area (Å²) in [6.45, 7) is 0.599. The highest BCUT2D eigenvalue weighted by Crippen LogP contribution is 2.25. The van der Waals surface area contributed by atoms with Gasteiger partial charge in [0.1, 0.15) is 11.6 Å². The standard InChI is InChI=1S/C20H24FN3O/c21-18-9-5-4-6-15(18)12-13-22-19-11-10-17(14-23-19)24-20(25)16-7-2-1-3-8-16/h4-6,9-11,14,16H,1-3,7-8,12-13H2,(H,22,23)(H,24,25). The van der Waals surface area contributed by atoms with E-state index in [9.17, 15) is 9.18 Å². The maximum absolute atomic E-state index is 13.6. The molecule has 0 aliphatic heterocycles. The second-order valence-corrected chi connectivity index (χ2v) is 6.52. The SMILES string of the molecule is O=C(Nc1ccc(NCCc2ccccc2F)nc1)C1CCCCC1. The second kappa shape index (κ2) is 8.60. The Morgan fingerprint density at radius 2 is 1.92 bits per heavy atom. The van der Waals surface area contributed by atoms with E-state index in [0.717, 1.165) is 31.4 Å². The van der Waals surface area contributed by atoms with Gasteiger partial charge in [-0.2, -0.15) is 0 Å². The molecule has 1 heterocycles. The molecule has 1 fully saturated rings. The van der Waals surface area contributed by atoms with Gasteiger partial charge < -0.3 is 10.6 Å². The number of benzene rings is 1. The number of amides is 1. The van der Waals surface area contributed by atoms with Gasteiger partial charge >= 0.3 is 0 Å². The van der Waals surface area contributed by atoms with Crippen LogP contribution in [0.4, 0.5) is 15.9 Å². The predicted molar refractivity (Wildman–Crippen MR) is 98.0 cm³/mol. The van der Waals surface area contributed by atoms with Gasteiger partial charge in [-0.3, -0.25) is 4.79 Å². The molecule has 25 heavy (non-hydrogen) atoms. The first-order chi connectivity index (χ1) is 12.2. The molecule has 0 spiro atoms. The number of rotatable bonds is 6. The highest BCUT2D eigenvalue weighted by Gasteiger charge is 2.20. The summed E-state index contributed by atoms with van der Waals surface area (Å²) in [6, 6.07) is 10.5. The quantitative estimate of drug-likeness (QED) is 0.819. The van der Waals surface area contributed by atoms with Crippen molar-refractivity contribution in [2.75, 3.05) is 17.2 Å². The van der Waals surface area contributed by atoms with E-state index in [1.54, 1.807) is 18.3 Å². The highest BCUT2D eigenvalue weighted by molar-refractivity contribution is 5.92. The van der Waals surface area contributed by atoms with Gasteiger partial charge in [-0.1, -0.05) is 37.5 Å². The number of hydrogen-bond acceptors (Lipinski definition) is 3. The van der Waals surface area contributed by atoms with Crippen LogP contribution in [-0.4, -0.2) is 17.4 Å². The van der Waals surface area contributed by atoms with E-state index in [2.05, 4.69) is 15.6 Å². The first kappa shape index (κ1) is 17.4. The number of carbonyl (C=O) groups excluding carboxylic acids is 1. The van der Waals surface area contributed by atoms with Crippen LogP contribution in [0.2, 0.25) is 0 Å². The van der Waals surface area contributed by atoms with Crippen LogP contribution >= 0.6 is 0 Å². The minimum Gasteiger partial charge on any atom is -0.370 e. The van der Waals surface area contributed by atoms with E-state index in [0.29, 0.717) is 24.3 Å². The molecule has 1 amide bonds. The highest BCUT2D eigenvalue weighted by atomic mass is 19.1. The van der Waals surface area contributed by atoms with E-state index in [1.165, 1.54) is 12.5 Å². The maximum Gasteiger partial charge on any atom is 0.227 e. The Balaban J connectivity index is 1.47. The zero-order valence-electron chi connectivity index (χ0n) is 14.3. The van der Waals surface area contributed by atoms with Crippen molar-refractivity contribution in [3.8, 4) is 0 Å². The van der Waals surface area contributed by atoms with Crippen molar-refractivity contribution in [1.82, 2.24) is 4.98 Å². The van der Waals surface area contributed by atoms with Gasteiger partial charge in [0, 0.05) is 12.5 Å². The third-order valence-electron chi connectivity index (χ3n) is 4.67. The number of halogens is 1. The largest absolute Gasteiger partial charge is 0.370 e. The van der Waals surface area contributed by atoms with Crippen LogP contribution in [-0.2, 0) is 11.2 Å². The van der Waals surface area contributed by atoms with Crippen molar-refractivity contribution < 1.29 is 9.18 Å². The first-order valence-electron chi connectivity index (χ1n) is 8.96. The van der Waals surface area contributed by atoms with Crippen LogP contribution in [0.15, 0.2) is 42.6 Å². The lowest BCUT2D eigenvalue weighted by molar-refractivity contribution is -0.120. The Hall–Kier alpha value is -2.43. The van der Waals surface area contributed by atoms with Gasteiger partial charge in [0.25, 0.3) is 0 Å². The molecular formula is C20H24FN3O. The number of nitrogens with zero attached hydrogens (tertiary/aromatic N) is 1. The van der Waals surface area contributed by atoms with Crippen LogP contribution in [0.3, 0.4) is 0 Å². The zero-order chi connectivity index (χ0) is 17.5. The van der Waals surface area contributed by atoms with Gasteiger partial charge in [-0.05, 0) is 43.0 Å². The van der Waals surface area contributed by atoms with Crippen molar-refractivity contribution in [2.24, 2.45) is 5.92 Å². The monoisotopic (exact) mass is 341 g/mol. The van der Waals surface area contributed by atoms with E-state index in [1.807, 2.05) is 18.2 Å². The molecule has 3 rings (SSSR count). The van der Waals surface area contributed by atoms with Crippen LogP contribution in [0.5, 0.6) is 0 Å². The molecule has 1 aliphatic carbocycles. The number of carbonyl (C=O) groups is 1. The third-order valence-corrected chi connectivity index (χ3v) is 4.67. The van der Waals surface area contributed by atoms with Crippen LogP contribution in [0.1, 0.15) is 37.7 Å². The molecule has 0 radical (unpaired) electrons. The van der Waals surface area contributed by atoms with Crippen LogP contribution in [0, 0.1) is 11.7 Å². The fourth-order valence-corrected chi connectivity index (χ4v) is 3.21. The lowest BCUT2D eigenvalue weighted by Crippen LogP contribution is -2.24. The smallest absolute Gasteiger partial charge is 0.227 e. The molecule has 0 saturated heterocycles. The zero-order valence-corrected chi connectivity index (χ0v) is 14.3. The van der Waals surface area contributed by atoms with Crippen molar-refractivity contribution in [3.05, 3.63) is 54.0 Å². The number of pyridine rings is 1. The molecule has 1 aromatic carbocycles. The normalized spacial score (nSPS) is 14.9. The lowest BCUT2D eigenvalue weighted by Gasteiger charge is -2.20. The molecule has 5 heteroatoms. The number of nitrogens with one attached hydrogen (secondary N) is 2. The minimum atomic E-state index is -0.182. The number of hydrogen-bond donors (Lipinski definition) is 2. The summed E-state index contributed by atoms with van der Waals surface area (Å²) in [5, 5.41) is 6.12. The van der Waals surface area contributed by atoms with E-state index >= 15 is 0 Å². The van der Waals surface area contributed by atoms with Crippen molar-refractivity contribution >= 4 is 17.4 Å². The molecule has 0 unspecified atom stereocenters. The van der Waals surface area contributed by atoms with Gasteiger partial charge in [0.2, 0.25) is 5.91 Å². The molecule has 132 valence electrons. The fourth-order valence-electron chi connectivity index (χ4n) is 3.21. The minimum absolute atomic E-state index is 0.0989. The molecule has 1 aromatic heterocycles. The Kier molecular flexibility index (Phi) is 5.99. The summed E-state index contributed by atoms with van der Waals surface area (Å²) in [5.41, 5.74) is 1.40. The lowest BCUT2D eigenvalue weighted by atomic mass is 9.88. The number of aromatic nitrogens is 1. The average Bonchev–Trinajstić information content (AvgIpc) is 2.65. The molecule has 0 atom stereocenters. The van der Waals surface area contributed by atoms with Crippen LogP contribution in [0.25, 0.3) is 0 Å². The Labute approximate surface area is 147 Å². The average molecular weight is 341 g/mol. The van der Waals surface area contributed by atoms with E-state index in [4.69, 9.17) is 0 Å². The molecule has 1 aliphatic rings. The third kappa shape index (κ3) is 5.02. The summed E-state index contributed by atoms with van der Waals surface area (Å²) in [7, 11) is 0. The van der Waals surface area contributed by atoms with Crippen molar-refractivity contribution in [1.29, 1.82) is 0 Å². The van der Waals surface area contributed by atoms with Crippen molar-refractivity contribution in [2.45, 2.75) is 38.5 Å². The molecule has 0 bridgehead atoms. The summed E-state index contributed by atoms with van der Waals surface area (Å²) in [6.07, 6.45) is 7.73. The summed E-state index contributed by atoms with van der Waals surface area (Å²) >= 11 is 0.